The predicted molar refractivity (Wildman–Crippen MR) is 29.6 cm³/mol. The fourth-order valence-corrected chi connectivity index (χ4v) is 0.619. The normalized spacial score (nSPS) is 25.9. The summed E-state index contributed by atoms with van der Waals surface area (Å²) in [7, 11) is 0. The second-order valence-corrected chi connectivity index (χ2v) is 1.59. The van der Waals surface area contributed by atoms with Gasteiger partial charge in [-0.25, -0.2) is 4.39 Å². The molecule has 1 nitrogen and oxygen atoms in total. The second-order valence-electron chi connectivity index (χ2n) is 1.59. The van der Waals surface area contributed by atoms with Crippen LogP contribution >= 0.6 is 12.4 Å². The molecule has 0 aromatic heterocycles. The van der Waals surface area contributed by atoms with Gasteiger partial charge in [0.15, 0.2) is 0 Å². The van der Waals surface area contributed by atoms with Crippen LogP contribution in [0.25, 0.3) is 0 Å². The monoisotopic (exact) mass is 165 g/mol. The maximum absolute atomic E-state index is 11.9. The molecule has 0 bridgehead atoms. The minimum atomic E-state index is -0.565. The topological polar surface area (TPSA) is 12.0 Å². The zero-order valence-corrected chi connectivity index (χ0v) is 5.86. The van der Waals surface area contributed by atoms with Crippen LogP contribution in [0, 0.1) is 37.7 Å². The van der Waals surface area contributed by atoms with Gasteiger partial charge in [0.2, 0.25) is 0 Å². The summed E-state index contributed by atoms with van der Waals surface area (Å²) in [6.07, 6.45) is 0.144. The number of alkyl halides is 1. The number of nitrogens with one attached hydrogen (secondary N) is 1. The molecule has 1 saturated heterocycles. The first kappa shape index (κ1) is 12.1. The van der Waals surface area contributed by atoms with Crippen LogP contribution in [-0.2, 0) is 0 Å². The van der Waals surface area contributed by atoms with Gasteiger partial charge in [0.25, 0.3) is 0 Å². The van der Waals surface area contributed by atoms with Gasteiger partial charge in [0, 0.05) is 44.3 Å². The summed E-state index contributed by atoms with van der Waals surface area (Å²) in [5.41, 5.74) is 0. The van der Waals surface area contributed by atoms with E-state index < -0.39 is 6.17 Å². The molecule has 1 aliphatic heterocycles. The van der Waals surface area contributed by atoms with Crippen molar-refractivity contribution in [1.82, 2.24) is 5.32 Å². The fourth-order valence-electron chi connectivity index (χ4n) is 0.619. The van der Waals surface area contributed by atoms with Gasteiger partial charge in [-0.15, -0.1) is 12.4 Å². The van der Waals surface area contributed by atoms with Crippen molar-refractivity contribution in [2.75, 3.05) is 13.1 Å². The van der Waals surface area contributed by atoms with E-state index in [1.165, 1.54) is 0 Å². The average molecular weight is 166 g/mol. The molecule has 52 valence electrons. The molecule has 1 fully saturated rings. The molecule has 4 heteroatoms. The molecule has 0 amide bonds. The minimum absolute atomic E-state index is 0. The number of hydrogen-bond acceptors (Lipinski definition) is 1. The average Bonchev–Trinajstić information content (AvgIpc) is 1.86. The van der Waals surface area contributed by atoms with Gasteiger partial charge in [-0.2, -0.15) is 0 Å². The Morgan fingerprint density at radius 3 is 2.25 bits per heavy atom. The van der Waals surface area contributed by atoms with E-state index in [0.29, 0.717) is 13.0 Å². The maximum Gasteiger partial charge on any atom is 0.114 e. The Morgan fingerprint density at radius 1 is 1.50 bits per heavy atom. The first-order valence-electron chi connectivity index (χ1n) is 2.24. The first-order valence-corrected chi connectivity index (χ1v) is 2.24. The maximum atomic E-state index is 11.9. The van der Waals surface area contributed by atoms with E-state index in [1.807, 2.05) is 0 Å². The van der Waals surface area contributed by atoms with E-state index in [0.717, 1.165) is 6.54 Å². The van der Waals surface area contributed by atoms with Crippen molar-refractivity contribution >= 4 is 12.4 Å². The van der Waals surface area contributed by atoms with E-state index in [1.54, 1.807) is 0 Å². The molecular formula is C4H9ArClFN. The molecule has 0 saturated carbocycles. The predicted octanol–water partition coefficient (Wildman–Crippen LogP) is 0.740. The summed E-state index contributed by atoms with van der Waals surface area (Å²) in [5.74, 6) is 0. The van der Waals surface area contributed by atoms with Crippen molar-refractivity contribution in [3.8, 4) is 0 Å². The third-order valence-electron chi connectivity index (χ3n) is 1.00. The van der Waals surface area contributed by atoms with Crippen LogP contribution in [-0.4, -0.2) is 19.3 Å². The van der Waals surface area contributed by atoms with Crippen molar-refractivity contribution in [3.63, 3.8) is 0 Å². The van der Waals surface area contributed by atoms with Crippen molar-refractivity contribution < 1.29 is 42.1 Å². The summed E-state index contributed by atoms with van der Waals surface area (Å²) in [5, 5.41) is 2.90. The Hall–Kier alpha value is 1.44. The molecular weight excluding hydrogens is 156 g/mol. The molecule has 8 heavy (non-hydrogen) atoms. The van der Waals surface area contributed by atoms with Gasteiger partial charge in [-0.05, 0) is 13.0 Å². The molecule has 1 atom stereocenters. The Bertz CT molecular complexity index is 49.3. The van der Waals surface area contributed by atoms with Crippen LogP contribution in [0.4, 0.5) is 4.39 Å². The van der Waals surface area contributed by atoms with E-state index in [9.17, 15) is 4.39 Å². The van der Waals surface area contributed by atoms with E-state index in [-0.39, 0.29) is 50.1 Å². The van der Waals surface area contributed by atoms with Gasteiger partial charge in [-0.3, -0.25) is 0 Å². The standard InChI is InChI=1S/C4H8FN.Ar.ClH/c5-4-1-2-6-3-4;;/h4,6H,1-3H2;;1H. The Labute approximate surface area is 84.8 Å². The van der Waals surface area contributed by atoms with Crippen LogP contribution in [0.5, 0.6) is 0 Å². The first-order chi connectivity index (χ1) is 2.89. The molecule has 0 spiro atoms. The van der Waals surface area contributed by atoms with Crippen LogP contribution in [0.1, 0.15) is 6.42 Å². The largest absolute Gasteiger partial charge is 0.314 e. The van der Waals surface area contributed by atoms with Crippen molar-refractivity contribution in [2.24, 2.45) is 0 Å². The zero-order chi connectivity index (χ0) is 4.41. The number of halogens is 2. The van der Waals surface area contributed by atoms with E-state index in [2.05, 4.69) is 5.32 Å². The molecule has 1 rings (SSSR count). The number of rotatable bonds is 0. The molecule has 1 unspecified atom stereocenters. The third kappa shape index (κ3) is 4.33. The van der Waals surface area contributed by atoms with Gasteiger partial charge < -0.3 is 5.32 Å². The van der Waals surface area contributed by atoms with Crippen LogP contribution in [0.15, 0.2) is 0 Å². The summed E-state index contributed by atoms with van der Waals surface area (Å²) in [6.45, 7) is 1.43. The molecule has 0 aromatic rings. The zero-order valence-electron chi connectivity index (χ0n) is 4.34. The summed E-state index contributed by atoms with van der Waals surface area (Å²) in [6, 6.07) is 0. The quantitative estimate of drug-likeness (QED) is 0.558. The van der Waals surface area contributed by atoms with Crippen molar-refractivity contribution in [1.29, 1.82) is 0 Å². The smallest absolute Gasteiger partial charge is 0.114 e. The van der Waals surface area contributed by atoms with Crippen LogP contribution in [0.2, 0.25) is 0 Å². The number of hydrogen-bond donors (Lipinski definition) is 1. The molecule has 0 aliphatic carbocycles. The van der Waals surface area contributed by atoms with Crippen molar-refractivity contribution in [3.05, 3.63) is 0 Å². The summed E-state index contributed by atoms with van der Waals surface area (Å²) >= 11 is 0. The van der Waals surface area contributed by atoms with Gasteiger partial charge in [0.05, 0.1) is 0 Å². The Balaban J connectivity index is 0. The summed E-state index contributed by atoms with van der Waals surface area (Å²) in [4.78, 5) is 0. The molecule has 1 N–H and O–H groups in total. The van der Waals surface area contributed by atoms with Crippen LogP contribution < -0.4 is 5.32 Å². The SMILES string of the molecule is Cl.FC1CCNC1.[Ar]. The van der Waals surface area contributed by atoms with Gasteiger partial charge >= 0.3 is 0 Å². The van der Waals surface area contributed by atoms with Gasteiger partial charge in [0.1, 0.15) is 6.17 Å². The molecule has 1 heterocycles. The summed E-state index contributed by atoms with van der Waals surface area (Å²) < 4.78 is 11.9. The minimum Gasteiger partial charge on any atom is -0.314 e. The molecule has 0 radical (unpaired) electrons. The fraction of sp³-hybridized carbons (Fsp3) is 1.00. The van der Waals surface area contributed by atoms with Gasteiger partial charge in [-0.1, -0.05) is 0 Å². The van der Waals surface area contributed by atoms with Crippen LogP contribution in [0.3, 0.4) is 0 Å². The molecule has 0 aromatic carbocycles. The second kappa shape index (κ2) is 6.56. The van der Waals surface area contributed by atoms with Crippen molar-refractivity contribution in [2.45, 2.75) is 12.6 Å². The third-order valence-corrected chi connectivity index (χ3v) is 1.00. The van der Waals surface area contributed by atoms with E-state index >= 15 is 0 Å². The van der Waals surface area contributed by atoms with E-state index in [4.69, 9.17) is 0 Å². The Morgan fingerprint density at radius 2 is 2.12 bits per heavy atom. The molecule has 1 aliphatic rings. The Kier molecular flexibility index (Phi) is 9.96.